The monoisotopic (exact) mass is 413 g/mol. The van der Waals surface area contributed by atoms with Crippen LogP contribution in [0.15, 0.2) is 47.0 Å². The Morgan fingerprint density at radius 1 is 1.14 bits per heavy atom. The first-order valence-electron chi connectivity index (χ1n) is 9.18. The van der Waals surface area contributed by atoms with Crippen molar-refractivity contribution >= 4 is 17.5 Å². The molecule has 1 aliphatic rings. The Morgan fingerprint density at radius 2 is 1.83 bits per heavy atom. The van der Waals surface area contributed by atoms with E-state index in [9.17, 15) is 4.79 Å². The Morgan fingerprint density at radius 3 is 2.48 bits per heavy atom. The van der Waals surface area contributed by atoms with Gasteiger partial charge in [0.05, 0.1) is 14.2 Å². The molecule has 1 unspecified atom stereocenters. The molecule has 1 aliphatic heterocycles. The number of halogens is 1. The number of hydrogen-bond donors (Lipinski definition) is 0. The summed E-state index contributed by atoms with van der Waals surface area (Å²) in [5, 5.41) is 4.77. The molecule has 29 heavy (non-hydrogen) atoms. The van der Waals surface area contributed by atoms with Crippen molar-refractivity contribution in [2.45, 2.75) is 25.4 Å². The highest BCUT2D eigenvalue weighted by molar-refractivity contribution is 6.30. The number of nitrogens with zero attached hydrogens (tertiary/aromatic N) is 3. The molecular weight excluding hydrogens is 394 g/mol. The minimum absolute atomic E-state index is 0.0627. The van der Waals surface area contributed by atoms with E-state index >= 15 is 0 Å². The fourth-order valence-corrected chi connectivity index (χ4v) is 3.53. The van der Waals surface area contributed by atoms with E-state index in [0.717, 1.165) is 5.56 Å². The minimum atomic E-state index is -0.257. The van der Waals surface area contributed by atoms with Gasteiger partial charge in [-0.25, -0.2) is 0 Å². The maximum absolute atomic E-state index is 12.5. The lowest BCUT2D eigenvalue weighted by Gasteiger charge is -2.22. The Bertz CT molecular complexity index is 997. The molecule has 0 spiro atoms. The largest absolute Gasteiger partial charge is 0.497 e. The van der Waals surface area contributed by atoms with Gasteiger partial charge in [-0.3, -0.25) is 4.79 Å². The van der Waals surface area contributed by atoms with Gasteiger partial charge in [-0.05, 0) is 36.2 Å². The number of aromatic nitrogens is 2. The first kappa shape index (κ1) is 19.3. The molecule has 0 bridgehead atoms. The molecule has 1 fully saturated rings. The van der Waals surface area contributed by atoms with Crippen molar-refractivity contribution in [2.75, 3.05) is 14.2 Å². The molecular formula is C21H20ClN3O4. The van der Waals surface area contributed by atoms with E-state index in [1.165, 1.54) is 0 Å². The van der Waals surface area contributed by atoms with Gasteiger partial charge in [0.25, 0.3) is 0 Å². The molecule has 1 aromatic heterocycles. The number of benzene rings is 2. The number of amides is 1. The first-order valence-corrected chi connectivity index (χ1v) is 9.56. The summed E-state index contributed by atoms with van der Waals surface area (Å²) in [7, 11) is 3.16. The van der Waals surface area contributed by atoms with Crippen molar-refractivity contribution in [1.29, 1.82) is 0 Å². The van der Waals surface area contributed by atoms with E-state index in [-0.39, 0.29) is 11.9 Å². The van der Waals surface area contributed by atoms with E-state index in [4.69, 9.17) is 25.6 Å². The summed E-state index contributed by atoms with van der Waals surface area (Å²) in [6.07, 6.45) is 1.08. The van der Waals surface area contributed by atoms with Crippen molar-refractivity contribution in [2.24, 2.45) is 0 Å². The van der Waals surface area contributed by atoms with E-state index in [1.54, 1.807) is 25.2 Å². The van der Waals surface area contributed by atoms with Gasteiger partial charge in [-0.15, -0.1) is 0 Å². The molecule has 2 aromatic carbocycles. The smallest absolute Gasteiger partial charge is 0.249 e. The molecule has 0 N–H and O–H groups in total. The number of rotatable bonds is 6. The zero-order valence-electron chi connectivity index (χ0n) is 16.1. The lowest BCUT2D eigenvalue weighted by Crippen LogP contribution is -2.27. The number of carbonyl (C=O) groups is 1. The van der Waals surface area contributed by atoms with Crippen molar-refractivity contribution < 1.29 is 18.8 Å². The van der Waals surface area contributed by atoms with Crippen molar-refractivity contribution in [3.63, 3.8) is 0 Å². The van der Waals surface area contributed by atoms with Gasteiger partial charge in [0.2, 0.25) is 17.6 Å². The number of methoxy groups -OCH3 is 2. The third kappa shape index (κ3) is 4.05. The van der Waals surface area contributed by atoms with Crippen LogP contribution in [0.3, 0.4) is 0 Å². The van der Waals surface area contributed by atoms with Gasteiger partial charge >= 0.3 is 0 Å². The molecule has 4 rings (SSSR count). The molecule has 2 heterocycles. The Kier molecular flexibility index (Phi) is 5.40. The van der Waals surface area contributed by atoms with Crippen LogP contribution in [-0.4, -0.2) is 35.2 Å². The summed E-state index contributed by atoms with van der Waals surface area (Å²) in [6.45, 7) is 0.464. The molecule has 1 saturated heterocycles. The molecule has 3 aromatic rings. The van der Waals surface area contributed by atoms with E-state index in [1.807, 2.05) is 36.4 Å². The SMILES string of the molecule is COc1cc(OC)cc(-c2noc(C3CCC(=O)N3Cc3ccc(Cl)cc3)n2)c1. The summed E-state index contributed by atoms with van der Waals surface area (Å²) in [5.74, 6) is 2.16. The van der Waals surface area contributed by atoms with Crippen LogP contribution in [0.1, 0.15) is 30.3 Å². The Hall–Kier alpha value is -3.06. The summed E-state index contributed by atoms with van der Waals surface area (Å²) < 4.78 is 16.1. The highest BCUT2D eigenvalue weighted by Gasteiger charge is 2.36. The maximum atomic E-state index is 12.5. The highest BCUT2D eigenvalue weighted by atomic mass is 35.5. The number of ether oxygens (including phenoxy) is 2. The summed E-state index contributed by atoms with van der Waals surface area (Å²) in [6, 6.07) is 12.6. The van der Waals surface area contributed by atoms with Gasteiger partial charge < -0.3 is 18.9 Å². The van der Waals surface area contributed by atoms with E-state index < -0.39 is 0 Å². The van der Waals surface area contributed by atoms with Crippen molar-refractivity contribution in [1.82, 2.24) is 15.0 Å². The third-order valence-corrected chi connectivity index (χ3v) is 5.18. The average molecular weight is 414 g/mol. The fourth-order valence-electron chi connectivity index (χ4n) is 3.40. The molecule has 7 nitrogen and oxygen atoms in total. The second-order valence-electron chi connectivity index (χ2n) is 6.76. The molecule has 0 saturated carbocycles. The van der Waals surface area contributed by atoms with Crippen LogP contribution >= 0.6 is 11.6 Å². The van der Waals surface area contributed by atoms with Crippen LogP contribution in [0.2, 0.25) is 5.02 Å². The normalized spacial score (nSPS) is 16.3. The van der Waals surface area contributed by atoms with E-state index in [2.05, 4.69) is 10.1 Å². The van der Waals surface area contributed by atoms with Crippen LogP contribution in [0.25, 0.3) is 11.4 Å². The minimum Gasteiger partial charge on any atom is -0.497 e. The van der Waals surface area contributed by atoms with Crippen LogP contribution in [0.5, 0.6) is 11.5 Å². The Labute approximate surface area is 173 Å². The molecule has 1 amide bonds. The lowest BCUT2D eigenvalue weighted by atomic mass is 10.1. The van der Waals surface area contributed by atoms with Gasteiger partial charge in [0.1, 0.15) is 17.5 Å². The van der Waals surface area contributed by atoms with Crippen LogP contribution in [-0.2, 0) is 11.3 Å². The number of hydrogen-bond acceptors (Lipinski definition) is 6. The predicted octanol–water partition coefficient (Wildman–Crippen LogP) is 4.27. The molecule has 1 atom stereocenters. The van der Waals surface area contributed by atoms with Crippen LogP contribution in [0.4, 0.5) is 0 Å². The lowest BCUT2D eigenvalue weighted by molar-refractivity contribution is -0.129. The van der Waals surface area contributed by atoms with Crippen molar-refractivity contribution in [3.05, 3.63) is 58.9 Å². The van der Waals surface area contributed by atoms with Gasteiger partial charge in [-0.2, -0.15) is 4.98 Å². The standard InChI is InChI=1S/C21H20ClN3O4/c1-27-16-9-14(10-17(11-16)28-2)20-23-21(29-24-20)18-7-8-19(26)25(18)12-13-3-5-15(22)6-4-13/h3-6,9-11,18H,7-8,12H2,1-2H3. The summed E-state index contributed by atoms with van der Waals surface area (Å²) >= 11 is 5.95. The number of likely N-dealkylation sites (tertiary alicyclic amines) is 1. The molecule has 0 aliphatic carbocycles. The highest BCUT2D eigenvalue weighted by Crippen LogP contribution is 2.35. The molecule has 8 heteroatoms. The second-order valence-corrected chi connectivity index (χ2v) is 7.20. The van der Waals surface area contributed by atoms with Crippen LogP contribution < -0.4 is 9.47 Å². The van der Waals surface area contributed by atoms with Crippen LogP contribution in [0, 0.1) is 0 Å². The summed E-state index contributed by atoms with van der Waals surface area (Å²) in [5.41, 5.74) is 1.71. The van der Waals surface area contributed by atoms with E-state index in [0.29, 0.717) is 53.2 Å². The maximum Gasteiger partial charge on any atom is 0.249 e. The fraction of sp³-hybridized carbons (Fsp3) is 0.286. The number of carbonyl (C=O) groups excluding carboxylic acids is 1. The third-order valence-electron chi connectivity index (χ3n) is 4.93. The average Bonchev–Trinajstić information content (AvgIpc) is 3.36. The zero-order valence-corrected chi connectivity index (χ0v) is 16.8. The zero-order chi connectivity index (χ0) is 20.4. The topological polar surface area (TPSA) is 77.7 Å². The van der Waals surface area contributed by atoms with Crippen molar-refractivity contribution in [3.8, 4) is 22.9 Å². The summed E-state index contributed by atoms with van der Waals surface area (Å²) in [4.78, 5) is 18.8. The predicted molar refractivity (Wildman–Crippen MR) is 107 cm³/mol. The molecule has 0 radical (unpaired) electrons. The van der Waals surface area contributed by atoms with Gasteiger partial charge in [0, 0.05) is 29.6 Å². The first-order chi connectivity index (χ1) is 14.1. The molecule has 150 valence electrons. The Balaban J connectivity index is 1.59. The quantitative estimate of drug-likeness (QED) is 0.600. The second kappa shape index (κ2) is 8.13. The van der Waals surface area contributed by atoms with Gasteiger partial charge in [0.15, 0.2) is 0 Å². The van der Waals surface area contributed by atoms with Gasteiger partial charge in [-0.1, -0.05) is 28.9 Å².